The van der Waals surface area contributed by atoms with Crippen LogP contribution in [-0.2, 0) is 9.84 Å². The summed E-state index contributed by atoms with van der Waals surface area (Å²) in [5, 5.41) is 0. The molecule has 0 aliphatic rings. The van der Waals surface area contributed by atoms with E-state index in [1.165, 1.54) is 23.1 Å². The highest BCUT2D eigenvalue weighted by Gasteiger charge is 2.48. The van der Waals surface area contributed by atoms with Gasteiger partial charge in [-0.15, -0.1) is 0 Å². The van der Waals surface area contributed by atoms with E-state index in [4.69, 9.17) is 5.73 Å². The smallest absolute Gasteiger partial charge is 0.371 e. The zero-order valence-electron chi connectivity index (χ0n) is 11.2. The molecule has 4 nitrogen and oxygen atoms in total. The summed E-state index contributed by atoms with van der Waals surface area (Å²) in [6.07, 6.45) is 0.539. The molecule has 0 aliphatic heterocycles. The van der Waals surface area contributed by atoms with Gasteiger partial charge < -0.3 is 10.6 Å². The van der Waals surface area contributed by atoms with Crippen LogP contribution in [0.1, 0.15) is 13.3 Å². The van der Waals surface area contributed by atoms with E-state index in [1.807, 2.05) is 0 Å². The quantitative estimate of drug-likeness (QED) is 0.905. The van der Waals surface area contributed by atoms with E-state index in [0.717, 1.165) is 6.07 Å². The number of alkyl halides is 3. The maximum Gasteiger partial charge on any atom is 0.501 e. The Balaban J connectivity index is 3.32. The molecular weight excluding hydrogens is 293 g/mol. The van der Waals surface area contributed by atoms with Crippen LogP contribution < -0.4 is 10.6 Å². The molecule has 0 aromatic heterocycles. The topological polar surface area (TPSA) is 63.4 Å². The summed E-state index contributed by atoms with van der Waals surface area (Å²) in [6, 6.07) is 4.90. The van der Waals surface area contributed by atoms with Gasteiger partial charge in [-0.25, -0.2) is 8.42 Å². The fourth-order valence-electron chi connectivity index (χ4n) is 1.77. The van der Waals surface area contributed by atoms with E-state index in [9.17, 15) is 21.6 Å². The number of nitrogens with two attached hydrogens (primary N) is 1. The summed E-state index contributed by atoms with van der Waals surface area (Å²) in [6.45, 7) is 2.13. The molecule has 0 saturated heterocycles. The minimum atomic E-state index is -5.37. The molecule has 1 aromatic rings. The summed E-state index contributed by atoms with van der Waals surface area (Å²) >= 11 is 0. The normalized spacial score (nSPS) is 14.1. The van der Waals surface area contributed by atoms with Gasteiger partial charge in [-0.1, -0.05) is 12.1 Å². The molecule has 20 heavy (non-hydrogen) atoms. The number of anilines is 1. The fourth-order valence-corrected chi connectivity index (χ4v) is 2.77. The van der Waals surface area contributed by atoms with Gasteiger partial charge in [0.1, 0.15) is 0 Å². The molecule has 8 heteroatoms. The molecule has 1 aromatic carbocycles. The molecule has 1 rings (SSSR count). The summed E-state index contributed by atoms with van der Waals surface area (Å²) < 4.78 is 61.2. The van der Waals surface area contributed by atoms with Crippen LogP contribution in [-0.4, -0.2) is 33.6 Å². The highest BCUT2D eigenvalue weighted by Crippen LogP contribution is 2.36. The minimum absolute atomic E-state index is 0.0192. The van der Waals surface area contributed by atoms with E-state index >= 15 is 0 Å². The van der Waals surface area contributed by atoms with Crippen molar-refractivity contribution in [3.05, 3.63) is 24.3 Å². The van der Waals surface area contributed by atoms with Crippen LogP contribution in [0.5, 0.6) is 0 Å². The van der Waals surface area contributed by atoms with Crippen molar-refractivity contribution in [2.24, 2.45) is 5.73 Å². The van der Waals surface area contributed by atoms with E-state index in [0.29, 0.717) is 13.0 Å². The zero-order chi connectivity index (χ0) is 15.6. The fraction of sp³-hybridized carbons (Fsp3) is 0.500. The van der Waals surface area contributed by atoms with Crippen molar-refractivity contribution in [3.63, 3.8) is 0 Å². The third-order valence-electron chi connectivity index (χ3n) is 3.09. The SMILES string of the molecule is CC(CCN)N(C)c1ccccc1S(=O)(=O)C(F)(F)F. The van der Waals surface area contributed by atoms with E-state index < -0.39 is 20.2 Å². The van der Waals surface area contributed by atoms with Crippen molar-refractivity contribution >= 4 is 15.5 Å². The third-order valence-corrected chi connectivity index (χ3v) is 4.62. The van der Waals surface area contributed by atoms with Crippen LogP contribution in [0.3, 0.4) is 0 Å². The number of sulfone groups is 1. The van der Waals surface area contributed by atoms with Crippen LogP contribution in [0.4, 0.5) is 18.9 Å². The van der Waals surface area contributed by atoms with Crippen LogP contribution in [0.15, 0.2) is 29.2 Å². The van der Waals surface area contributed by atoms with E-state index in [-0.39, 0.29) is 11.7 Å². The van der Waals surface area contributed by atoms with Gasteiger partial charge in [0.15, 0.2) is 0 Å². The third kappa shape index (κ3) is 3.24. The lowest BCUT2D eigenvalue weighted by Crippen LogP contribution is -2.33. The molecule has 0 fully saturated rings. The van der Waals surface area contributed by atoms with Gasteiger partial charge in [-0.05, 0) is 32.0 Å². The summed E-state index contributed by atoms with van der Waals surface area (Å²) in [4.78, 5) is 0.754. The van der Waals surface area contributed by atoms with Crippen LogP contribution in [0.2, 0.25) is 0 Å². The van der Waals surface area contributed by atoms with Crippen molar-refractivity contribution in [2.75, 3.05) is 18.5 Å². The Morgan fingerprint density at radius 1 is 1.30 bits per heavy atom. The van der Waals surface area contributed by atoms with E-state index in [1.54, 1.807) is 14.0 Å². The second kappa shape index (κ2) is 6.01. The van der Waals surface area contributed by atoms with Gasteiger partial charge in [-0.3, -0.25) is 0 Å². The van der Waals surface area contributed by atoms with Crippen LogP contribution in [0, 0.1) is 0 Å². The Bertz CT molecular complexity index is 558. The maximum atomic E-state index is 12.7. The summed E-state index contributed by atoms with van der Waals surface area (Å²) in [7, 11) is -3.83. The highest BCUT2D eigenvalue weighted by atomic mass is 32.2. The lowest BCUT2D eigenvalue weighted by atomic mass is 10.2. The predicted molar refractivity (Wildman–Crippen MR) is 71.2 cm³/mol. The van der Waals surface area contributed by atoms with Crippen molar-refractivity contribution in [1.29, 1.82) is 0 Å². The van der Waals surface area contributed by atoms with Crippen molar-refractivity contribution in [1.82, 2.24) is 0 Å². The van der Waals surface area contributed by atoms with Gasteiger partial charge in [0.25, 0.3) is 9.84 Å². The Morgan fingerprint density at radius 3 is 2.35 bits per heavy atom. The number of nitrogens with zero attached hydrogens (tertiary/aromatic N) is 1. The average Bonchev–Trinajstić information content (AvgIpc) is 2.36. The molecule has 0 spiro atoms. The monoisotopic (exact) mass is 310 g/mol. The summed E-state index contributed by atoms with van der Waals surface area (Å²) in [5.41, 5.74) is 0.114. The molecule has 1 atom stereocenters. The highest BCUT2D eigenvalue weighted by molar-refractivity contribution is 7.92. The van der Waals surface area contributed by atoms with Crippen LogP contribution in [0.25, 0.3) is 0 Å². The minimum Gasteiger partial charge on any atom is -0.371 e. The van der Waals surface area contributed by atoms with Gasteiger partial charge >= 0.3 is 5.51 Å². The Labute approximate surface area is 116 Å². The lowest BCUT2D eigenvalue weighted by molar-refractivity contribution is -0.0435. The molecule has 2 N–H and O–H groups in total. The van der Waals surface area contributed by atoms with Crippen molar-refractivity contribution in [3.8, 4) is 0 Å². The van der Waals surface area contributed by atoms with Gasteiger partial charge in [-0.2, -0.15) is 13.2 Å². The van der Waals surface area contributed by atoms with Gasteiger partial charge in [0.05, 0.1) is 10.6 Å². The number of rotatable bonds is 5. The predicted octanol–water partition coefficient (Wildman–Crippen LogP) is 2.15. The van der Waals surface area contributed by atoms with E-state index in [2.05, 4.69) is 0 Å². The Hall–Kier alpha value is -1.28. The first-order valence-corrected chi connectivity index (χ1v) is 7.44. The first-order valence-electron chi connectivity index (χ1n) is 5.96. The van der Waals surface area contributed by atoms with Crippen molar-refractivity contribution < 1.29 is 21.6 Å². The molecular formula is C12H17F3N2O2S. The molecule has 0 radical (unpaired) electrons. The standard InChI is InChI=1S/C12H17F3N2O2S/c1-9(7-8-16)17(2)10-5-3-4-6-11(10)20(18,19)12(13,14)15/h3-6,9H,7-8,16H2,1-2H3. The number of benzene rings is 1. The van der Waals surface area contributed by atoms with Gasteiger partial charge in [0, 0.05) is 13.1 Å². The molecule has 0 saturated carbocycles. The number of hydrogen-bond donors (Lipinski definition) is 1. The molecule has 0 aliphatic carbocycles. The second-order valence-electron chi connectivity index (χ2n) is 4.45. The second-order valence-corrected chi connectivity index (χ2v) is 6.36. The van der Waals surface area contributed by atoms with Gasteiger partial charge in [0.2, 0.25) is 0 Å². The zero-order valence-corrected chi connectivity index (χ0v) is 12.0. The Kier molecular flexibility index (Phi) is 5.04. The molecule has 0 bridgehead atoms. The largest absolute Gasteiger partial charge is 0.501 e. The number of halogens is 3. The van der Waals surface area contributed by atoms with Crippen LogP contribution >= 0.6 is 0 Å². The molecule has 0 amide bonds. The number of hydrogen-bond acceptors (Lipinski definition) is 4. The Morgan fingerprint density at radius 2 is 1.85 bits per heavy atom. The first kappa shape index (κ1) is 16.8. The van der Waals surface area contributed by atoms with Crippen molar-refractivity contribution in [2.45, 2.75) is 29.8 Å². The molecule has 1 unspecified atom stereocenters. The lowest BCUT2D eigenvalue weighted by Gasteiger charge is -2.28. The molecule has 0 heterocycles. The first-order chi connectivity index (χ1) is 9.13. The number of para-hydroxylation sites is 1. The maximum absolute atomic E-state index is 12.7. The molecule has 114 valence electrons. The summed E-state index contributed by atoms with van der Waals surface area (Å²) in [5.74, 6) is 0. The average molecular weight is 310 g/mol.